The molecular weight excluding hydrogens is 985 g/mol. The lowest BCUT2D eigenvalue weighted by Gasteiger charge is -2.21. The molecule has 8 aromatic rings. The Hall–Kier alpha value is -6.24. The second-order valence-corrected chi connectivity index (χ2v) is 24.8. The topological polar surface area (TPSA) is 0 Å². The Morgan fingerprint density at radius 3 is 1.18 bits per heavy atom. The molecule has 0 unspecified atom stereocenters. The maximum absolute atomic E-state index is 2.70. The van der Waals surface area contributed by atoms with Crippen molar-refractivity contribution in [1.29, 1.82) is 0 Å². The summed E-state index contributed by atoms with van der Waals surface area (Å²) in [7, 11) is 0. The van der Waals surface area contributed by atoms with Gasteiger partial charge in [0, 0.05) is 0 Å². The Labute approximate surface area is 498 Å². The van der Waals surface area contributed by atoms with Gasteiger partial charge in [-0.15, -0.1) is 0 Å². The van der Waals surface area contributed by atoms with Crippen LogP contribution in [0.3, 0.4) is 0 Å². The van der Waals surface area contributed by atoms with Gasteiger partial charge in [0.2, 0.25) is 0 Å². The van der Waals surface area contributed by atoms with Crippen LogP contribution >= 0.6 is 0 Å². The lowest BCUT2D eigenvalue weighted by Crippen LogP contribution is -2.01. The summed E-state index contributed by atoms with van der Waals surface area (Å²) >= 11 is 0. The molecule has 0 saturated carbocycles. The van der Waals surface area contributed by atoms with Crippen LogP contribution in [0.4, 0.5) is 0 Å². The van der Waals surface area contributed by atoms with Gasteiger partial charge in [-0.2, -0.15) is 0 Å². The van der Waals surface area contributed by atoms with E-state index in [4.69, 9.17) is 0 Å². The van der Waals surface area contributed by atoms with Gasteiger partial charge in [0.1, 0.15) is 0 Å². The second-order valence-electron chi connectivity index (χ2n) is 24.8. The van der Waals surface area contributed by atoms with Crippen LogP contribution in [0.25, 0.3) is 89.7 Å². The quantitative estimate of drug-likeness (QED) is 0.0353. The van der Waals surface area contributed by atoms with Gasteiger partial charge >= 0.3 is 0 Å². The van der Waals surface area contributed by atoms with Gasteiger partial charge in [-0.25, -0.2) is 0 Å². The number of aryl methyl sites for hydroxylation is 6. The van der Waals surface area contributed by atoms with E-state index in [1.807, 2.05) is 0 Å². The molecular formula is C82H100. The average molecular weight is 1090 g/mol. The molecule has 9 rings (SSSR count). The smallest absolute Gasteiger partial charge is 0.00384 e. The van der Waals surface area contributed by atoms with Crippen LogP contribution in [0.1, 0.15) is 226 Å². The highest BCUT2D eigenvalue weighted by Crippen LogP contribution is 2.43. The van der Waals surface area contributed by atoms with Gasteiger partial charge in [0.15, 0.2) is 0 Å². The van der Waals surface area contributed by atoms with E-state index in [9.17, 15) is 0 Å². The molecule has 0 saturated heterocycles. The Morgan fingerprint density at radius 2 is 0.646 bits per heavy atom. The predicted octanol–water partition coefficient (Wildman–Crippen LogP) is 25.6. The van der Waals surface area contributed by atoms with Gasteiger partial charge in [-0.1, -0.05) is 283 Å². The Balaban J connectivity index is 1.22. The van der Waals surface area contributed by atoms with Crippen LogP contribution in [0, 0.1) is 13.8 Å². The van der Waals surface area contributed by atoms with Crippen molar-refractivity contribution in [1.82, 2.24) is 0 Å². The van der Waals surface area contributed by atoms with Crippen molar-refractivity contribution in [2.45, 2.75) is 221 Å². The summed E-state index contributed by atoms with van der Waals surface area (Å²) in [4.78, 5) is 0. The third-order valence-electron chi connectivity index (χ3n) is 18.2. The first kappa shape index (κ1) is 60.4. The van der Waals surface area contributed by atoms with E-state index in [-0.39, 0.29) is 0 Å². The van der Waals surface area contributed by atoms with Crippen LogP contribution in [-0.4, -0.2) is 0 Å². The monoisotopic (exact) mass is 1080 g/mol. The van der Waals surface area contributed by atoms with Crippen molar-refractivity contribution in [3.05, 3.63) is 190 Å². The molecule has 0 N–H and O–H groups in total. The molecule has 0 radical (unpaired) electrons. The van der Waals surface area contributed by atoms with E-state index in [0.717, 1.165) is 25.7 Å². The highest BCUT2D eigenvalue weighted by atomic mass is 14.2. The highest BCUT2D eigenvalue weighted by Gasteiger charge is 2.20. The fraction of sp³-hybridized carbons (Fsp3) is 0.415. The summed E-state index contributed by atoms with van der Waals surface area (Å²) in [5.74, 6) is 0. The molecule has 0 bridgehead atoms. The fourth-order valence-corrected chi connectivity index (χ4v) is 13.4. The molecule has 1 aliphatic carbocycles. The minimum absolute atomic E-state index is 1.07. The molecule has 0 fully saturated rings. The minimum Gasteiger partial charge on any atom is -0.0654 e. The number of unbranched alkanes of at least 4 members (excludes halogenated alkanes) is 20. The van der Waals surface area contributed by atoms with Crippen molar-refractivity contribution >= 4 is 22.9 Å². The van der Waals surface area contributed by atoms with Crippen LogP contribution in [0.2, 0.25) is 0 Å². The summed E-state index contributed by atoms with van der Waals surface area (Å²) in [6.07, 6.45) is 40.3. The maximum Gasteiger partial charge on any atom is -0.00384 e. The maximum atomic E-state index is 2.70. The van der Waals surface area contributed by atoms with Gasteiger partial charge in [-0.05, 0) is 218 Å². The lowest BCUT2D eigenvalue weighted by atomic mass is 9.83. The third-order valence-corrected chi connectivity index (χ3v) is 18.2. The zero-order chi connectivity index (χ0) is 56.9. The van der Waals surface area contributed by atoms with E-state index in [1.165, 1.54) is 271 Å². The molecule has 8 aromatic carbocycles. The molecule has 0 heteroatoms. The van der Waals surface area contributed by atoms with E-state index >= 15 is 0 Å². The van der Waals surface area contributed by atoms with Crippen molar-refractivity contribution in [3.63, 3.8) is 0 Å². The average Bonchev–Trinajstić information content (AvgIpc) is 3.65. The summed E-state index contributed by atoms with van der Waals surface area (Å²) in [5, 5.41) is 2.72. The number of benzene rings is 8. The number of hydrogen-bond donors (Lipinski definition) is 0. The van der Waals surface area contributed by atoms with Crippen LogP contribution < -0.4 is 0 Å². The largest absolute Gasteiger partial charge is 0.0654 e. The van der Waals surface area contributed by atoms with Crippen LogP contribution in [0.5, 0.6) is 0 Å². The van der Waals surface area contributed by atoms with E-state index in [1.54, 1.807) is 5.56 Å². The number of rotatable bonds is 34. The summed E-state index contributed by atoms with van der Waals surface area (Å²) in [5.41, 5.74) is 27.7. The zero-order valence-corrected chi connectivity index (χ0v) is 51.8. The zero-order valence-electron chi connectivity index (χ0n) is 51.8. The molecule has 0 amide bonds. The van der Waals surface area contributed by atoms with Crippen molar-refractivity contribution < 1.29 is 0 Å². The van der Waals surface area contributed by atoms with Gasteiger partial charge in [0.05, 0.1) is 0 Å². The number of hydrogen-bond acceptors (Lipinski definition) is 0. The lowest BCUT2D eigenvalue weighted by molar-refractivity contribution is 0.605. The van der Waals surface area contributed by atoms with Crippen LogP contribution in [-0.2, 0) is 25.7 Å². The highest BCUT2D eigenvalue weighted by molar-refractivity contribution is 6.07. The van der Waals surface area contributed by atoms with E-state index < -0.39 is 0 Å². The van der Waals surface area contributed by atoms with E-state index in [0.29, 0.717) is 0 Å². The molecule has 0 aliphatic heterocycles. The van der Waals surface area contributed by atoms with Gasteiger partial charge < -0.3 is 0 Å². The minimum atomic E-state index is 1.07. The molecule has 1 aliphatic rings. The fourth-order valence-electron chi connectivity index (χ4n) is 13.4. The van der Waals surface area contributed by atoms with Gasteiger partial charge in [-0.3, -0.25) is 0 Å². The molecule has 0 aromatic heterocycles. The first-order valence-corrected chi connectivity index (χ1v) is 33.3. The van der Waals surface area contributed by atoms with Crippen molar-refractivity contribution in [3.8, 4) is 66.8 Å². The summed E-state index contributed by atoms with van der Waals surface area (Å²) < 4.78 is 0. The first-order valence-electron chi connectivity index (χ1n) is 33.3. The second kappa shape index (κ2) is 31.4. The molecule has 0 spiro atoms. The third kappa shape index (κ3) is 16.1. The molecule has 0 heterocycles. The molecule has 0 atom stereocenters. The first-order chi connectivity index (χ1) is 40.3. The standard InChI is InChI=1S/C82H100/c1-7-11-15-19-23-27-37-64-58-80(66(51-62(64)6)38-28-24-20-16-12-8-2)75-55-74(73-53-71-45-34-41-63-48-49-72(54-73)82(63)71)56-76(57-75)81-60-69(39-29-25-21-17-13-9-3)79(59-70(81)40-30-26-22-18-14-10-4)68-44-35-43-67(52-68)78-47-32-31-46-77(78)65-42-33-36-61(5)50-65/h31-36,41-60H,7-30,37-40H2,1-6H3. The predicted molar refractivity (Wildman–Crippen MR) is 363 cm³/mol. The van der Waals surface area contributed by atoms with Crippen molar-refractivity contribution in [2.75, 3.05) is 0 Å². The van der Waals surface area contributed by atoms with Gasteiger partial charge in [0.25, 0.3) is 0 Å². The summed E-state index contributed by atoms with van der Waals surface area (Å²) in [6, 6.07) is 58.0. The molecule has 0 nitrogen and oxygen atoms in total. The Kier molecular flexibility index (Phi) is 23.1. The molecule has 82 heavy (non-hydrogen) atoms. The Morgan fingerprint density at radius 1 is 0.256 bits per heavy atom. The van der Waals surface area contributed by atoms with E-state index in [2.05, 4.69) is 199 Å². The SMILES string of the molecule is CCCCCCCCc1cc(-c2cc(-c3cc4c5c(cccc5c3)C=C4)cc(-c3cc(CCCCCCCC)c(-c4cccc(-c5ccccc5-c5cccc(C)c5)c4)cc3CCCCCCCC)c2)c(CCCCCCCC)cc1C. The van der Waals surface area contributed by atoms with Crippen LogP contribution in [0.15, 0.2) is 146 Å². The molecule has 428 valence electrons. The Bertz CT molecular complexity index is 3340. The normalized spacial score (nSPS) is 11.9. The van der Waals surface area contributed by atoms with Crippen molar-refractivity contribution in [2.24, 2.45) is 0 Å². The summed E-state index contributed by atoms with van der Waals surface area (Å²) in [6.45, 7) is 13.9.